The van der Waals surface area contributed by atoms with Crippen LogP contribution in [0.3, 0.4) is 0 Å². The number of benzene rings is 1. The average Bonchev–Trinajstić information content (AvgIpc) is 2.56. The molecule has 0 radical (unpaired) electrons. The molecule has 1 unspecified atom stereocenters. The Morgan fingerprint density at radius 2 is 1.88 bits per heavy atom. The lowest BCUT2D eigenvalue weighted by Gasteiger charge is -2.28. The fourth-order valence-corrected chi connectivity index (χ4v) is 3.45. The molecule has 2 N–H and O–H groups in total. The summed E-state index contributed by atoms with van der Waals surface area (Å²) in [6.45, 7) is 4.27. The van der Waals surface area contributed by atoms with Crippen molar-refractivity contribution in [1.82, 2.24) is 5.32 Å². The Balaban J connectivity index is 0.00000288. The van der Waals surface area contributed by atoms with Gasteiger partial charge in [-0.3, -0.25) is 4.79 Å². The van der Waals surface area contributed by atoms with Crippen LogP contribution in [0.5, 0.6) is 11.5 Å². The minimum absolute atomic E-state index is 0. The van der Waals surface area contributed by atoms with Gasteiger partial charge < -0.3 is 20.1 Å². The molecule has 0 aromatic heterocycles. The first-order valence-corrected chi connectivity index (χ1v) is 8.76. The van der Waals surface area contributed by atoms with Crippen molar-refractivity contribution in [3.63, 3.8) is 0 Å². The van der Waals surface area contributed by atoms with Gasteiger partial charge in [-0.2, -0.15) is 0 Å². The van der Waals surface area contributed by atoms with Gasteiger partial charge in [0, 0.05) is 23.0 Å². The van der Waals surface area contributed by atoms with E-state index < -0.39 is 0 Å². The molecule has 0 bridgehead atoms. The van der Waals surface area contributed by atoms with Crippen LogP contribution in [0.25, 0.3) is 0 Å². The number of hydrogen-bond acceptors (Lipinski definition) is 4. The van der Waals surface area contributed by atoms with Gasteiger partial charge in [0.15, 0.2) is 11.5 Å². The number of amides is 1. The number of nitrogens with one attached hydrogen (secondary N) is 2. The quantitative estimate of drug-likeness (QED) is 0.732. The third-order valence-electron chi connectivity index (χ3n) is 4.44. The number of halogens is 2. The lowest BCUT2D eigenvalue weighted by atomic mass is 9.84. The highest BCUT2D eigenvalue weighted by Crippen LogP contribution is 2.36. The number of carbonyl (C=O) groups is 1. The highest BCUT2D eigenvalue weighted by molar-refractivity contribution is 9.10. The summed E-state index contributed by atoms with van der Waals surface area (Å²) in [5.41, 5.74) is 0.699. The number of carbonyl (C=O) groups excluding carboxylic acids is 1. The zero-order valence-corrected chi connectivity index (χ0v) is 16.8. The van der Waals surface area contributed by atoms with E-state index in [4.69, 9.17) is 9.47 Å². The molecule has 1 aliphatic rings. The van der Waals surface area contributed by atoms with Crippen molar-refractivity contribution >= 4 is 39.9 Å². The Morgan fingerprint density at radius 3 is 2.46 bits per heavy atom. The van der Waals surface area contributed by atoms with Crippen LogP contribution in [0.1, 0.15) is 26.2 Å². The van der Waals surface area contributed by atoms with Crippen molar-refractivity contribution in [2.75, 3.05) is 32.6 Å². The number of ether oxygens (including phenoxy) is 2. The summed E-state index contributed by atoms with van der Waals surface area (Å²) < 4.78 is 11.3. The second-order valence-corrected chi connectivity index (χ2v) is 6.86. The predicted molar refractivity (Wildman–Crippen MR) is 102 cm³/mol. The first-order valence-electron chi connectivity index (χ1n) is 7.97. The topological polar surface area (TPSA) is 59.6 Å². The summed E-state index contributed by atoms with van der Waals surface area (Å²) in [5.74, 6) is 2.26. The van der Waals surface area contributed by atoms with E-state index in [2.05, 4.69) is 33.5 Å². The van der Waals surface area contributed by atoms with Gasteiger partial charge in [-0.15, -0.1) is 12.4 Å². The maximum absolute atomic E-state index is 12.4. The lowest BCUT2D eigenvalue weighted by Crippen LogP contribution is -2.32. The molecule has 1 amide bonds. The zero-order valence-electron chi connectivity index (χ0n) is 14.4. The van der Waals surface area contributed by atoms with E-state index in [1.165, 1.54) is 0 Å². The Morgan fingerprint density at radius 1 is 1.29 bits per heavy atom. The van der Waals surface area contributed by atoms with Gasteiger partial charge in [0.05, 0.1) is 19.9 Å². The molecule has 0 spiro atoms. The molecule has 1 aliphatic heterocycles. The molecule has 1 atom stereocenters. The fraction of sp³-hybridized carbons (Fsp3) is 0.588. The molecular formula is C17H26BrClN2O3. The molecule has 5 nitrogen and oxygen atoms in total. The van der Waals surface area contributed by atoms with E-state index in [9.17, 15) is 4.79 Å². The van der Waals surface area contributed by atoms with E-state index in [0.717, 1.165) is 30.4 Å². The average molecular weight is 422 g/mol. The zero-order chi connectivity index (χ0) is 16.8. The predicted octanol–water partition coefficient (Wildman–Crippen LogP) is 3.85. The SMILES string of the molecule is COc1cc(Br)c(NC(=O)CC(C)C2CCNCC2)cc1OC.Cl. The third-order valence-corrected chi connectivity index (χ3v) is 5.10. The molecule has 1 saturated heterocycles. The highest BCUT2D eigenvalue weighted by atomic mass is 79.9. The van der Waals surface area contributed by atoms with Gasteiger partial charge in [-0.25, -0.2) is 0 Å². The van der Waals surface area contributed by atoms with Crippen molar-refractivity contribution in [1.29, 1.82) is 0 Å². The molecule has 1 fully saturated rings. The summed E-state index contributed by atoms with van der Waals surface area (Å²) in [6.07, 6.45) is 2.83. The number of methoxy groups -OCH3 is 2. The molecule has 1 aromatic rings. The van der Waals surface area contributed by atoms with Crippen LogP contribution >= 0.6 is 28.3 Å². The van der Waals surface area contributed by atoms with Crippen LogP contribution in [-0.4, -0.2) is 33.2 Å². The van der Waals surface area contributed by atoms with Crippen LogP contribution < -0.4 is 20.1 Å². The summed E-state index contributed by atoms with van der Waals surface area (Å²) in [6, 6.07) is 3.57. The van der Waals surface area contributed by atoms with Crippen LogP contribution in [-0.2, 0) is 4.79 Å². The van der Waals surface area contributed by atoms with Crippen LogP contribution in [0.2, 0.25) is 0 Å². The van der Waals surface area contributed by atoms with Gasteiger partial charge >= 0.3 is 0 Å². The monoisotopic (exact) mass is 420 g/mol. The van der Waals surface area contributed by atoms with Crippen LogP contribution in [0, 0.1) is 11.8 Å². The minimum Gasteiger partial charge on any atom is -0.493 e. The van der Waals surface area contributed by atoms with E-state index in [0.29, 0.717) is 35.4 Å². The highest BCUT2D eigenvalue weighted by Gasteiger charge is 2.22. The Kier molecular flexibility index (Phi) is 8.87. The van der Waals surface area contributed by atoms with Gasteiger partial charge in [0.2, 0.25) is 5.91 Å². The molecule has 24 heavy (non-hydrogen) atoms. The molecule has 2 rings (SSSR count). The van der Waals surface area contributed by atoms with E-state index in [1.54, 1.807) is 26.4 Å². The minimum atomic E-state index is 0. The van der Waals surface area contributed by atoms with Crippen LogP contribution in [0.4, 0.5) is 5.69 Å². The van der Waals surface area contributed by atoms with Crippen molar-refractivity contribution < 1.29 is 14.3 Å². The van der Waals surface area contributed by atoms with E-state index >= 15 is 0 Å². The first-order chi connectivity index (χ1) is 11.0. The summed E-state index contributed by atoms with van der Waals surface area (Å²) in [5, 5.41) is 6.33. The molecular weight excluding hydrogens is 396 g/mol. The third kappa shape index (κ3) is 5.53. The molecule has 136 valence electrons. The van der Waals surface area contributed by atoms with Crippen molar-refractivity contribution in [3.8, 4) is 11.5 Å². The Hall–Kier alpha value is -0.980. The largest absolute Gasteiger partial charge is 0.493 e. The molecule has 1 heterocycles. The Labute approximate surface area is 158 Å². The van der Waals surface area contributed by atoms with E-state index in [-0.39, 0.29) is 18.3 Å². The van der Waals surface area contributed by atoms with Crippen molar-refractivity contribution in [3.05, 3.63) is 16.6 Å². The fourth-order valence-electron chi connectivity index (χ4n) is 3.02. The van der Waals surface area contributed by atoms with Gasteiger partial charge in [-0.05, 0) is 53.7 Å². The van der Waals surface area contributed by atoms with Gasteiger partial charge in [0.1, 0.15) is 0 Å². The Bertz CT molecular complexity index is 551. The standard InChI is InChI=1S/C17H25BrN2O3.ClH/c1-11(12-4-6-19-7-5-12)8-17(21)20-14-10-16(23-3)15(22-2)9-13(14)18;/h9-12,19H,4-8H2,1-3H3,(H,20,21);1H. The number of anilines is 1. The lowest BCUT2D eigenvalue weighted by molar-refractivity contribution is -0.117. The normalized spacial score (nSPS) is 16.0. The molecule has 0 saturated carbocycles. The number of rotatable bonds is 6. The van der Waals surface area contributed by atoms with Crippen molar-refractivity contribution in [2.45, 2.75) is 26.2 Å². The van der Waals surface area contributed by atoms with Crippen LogP contribution in [0.15, 0.2) is 16.6 Å². The summed E-state index contributed by atoms with van der Waals surface area (Å²) in [7, 11) is 3.17. The van der Waals surface area contributed by atoms with Gasteiger partial charge in [-0.1, -0.05) is 6.92 Å². The maximum Gasteiger partial charge on any atom is 0.224 e. The number of hydrogen-bond donors (Lipinski definition) is 2. The maximum atomic E-state index is 12.4. The molecule has 0 aliphatic carbocycles. The molecule has 7 heteroatoms. The molecule has 1 aromatic carbocycles. The summed E-state index contributed by atoms with van der Waals surface area (Å²) in [4.78, 5) is 12.4. The number of piperidine rings is 1. The van der Waals surface area contributed by atoms with Gasteiger partial charge in [0.25, 0.3) is 0 Å². The first kappa shape index (κ1) is 21.1. The summed E-state index contributed by atoms with van der Waals surface area (Å²) >= 11 is 3.46. The smallest absolute Gasteiger partial charge is 0.224 e. The second-order valence-electron chi connectivity index (χ2n) is 6.00. The van der Waals surface area contributed by atoms with E-state index in [1.807, 2.05) is 0 Å². The van der Waals surface area contributed by atoms with Crippen molar-refractivity contribution in [2.24, 2.45) is 11.8 Å². The second kappa shape index (κ2) is 10.1.